The largest absolute Gasteiger partial charge is 0.379 e. The van der Waals surface area contributed by atoms with Crippen molar-refractivity contribution < 1.29 is 14.3 Å². The summed E-state index contributed by atoms with van der Waals surface area (Å²) < 4.78 is 5.91. The second kappa shape index (κ2) is 11.1. The number of nitrogens with zero attached hydrogens (tertiary/aromatic N) is 3. The molecule has 0 unspecified atom stereocenters. The van der Waals surface area contributed by atoms with E-state index in [-0.39, 0.29) is 22.6 Å². The lowest BCUT2D eigenvalue weighted by molar-refractivity contribution is -0.118. The zero-order chi connectivity index (χ0) is 19.6. The normalized spacial score (nSPS) is 14.6. The molecule has 0 saturated carbocycles. The number of nitrogens with one attached hydrogen (secondary N) is 2. The van der Waals surface area contributed by atoms with Crippen LogP contribution in [-0.2, 0) is 9.53 Å². The lowest BCUT2D eigenvalue weighted by Gasteiger charge is -2.26. The Hall–Kier alpha value is -2.01. The topological polar surface area (TPSA) is 96.5 Å². The Balaban J connectivity index is 1.33. The number of hydrogen-bond donors (Lipinski definition) is 2. The van der Waals surface area contributed by atoms with Crippen LogP contribution in [0.2, 0.25) is 0 Å². The van der Waals surface area contributed by atoms with E-state index in [1.807, 2.05) is 18.2 Å². The molecule has 1 saturated heterocycles. The molecule has 0 aliphatic carbocycles. The fourth-order valence-electron chi connectivity index (χ4n) is 2.60. The summed E-state index contributed by atoms with van der Waals surface area (Å²) >= 11 is 2.46. The molecule has 1 aromatic carbocycles. The summed E-state index contributed by atoms with van der Waals surface area (Å²) in [4.78, 5) is 26.5. The first kappa shape index (κ1) is 20.7. The molecule has 2 heterocycles. The van der Waals surface area contributed by atoms with E-state index >= 15 is 0 Å². The van der Waals surface area contributed by atoms with Crippen molar-refractivity contribution in [1.29, 1.82) is 0 Å². The molecule has 0 spiro atoms. The van der Waals surface area contributed by atoms with Crippen LogP contribution < -0.4 is 10.6 Å². The van der Waals surface area contributed by atoms with Crippen LogP contribution in [0.1, 0.15) is 16.2 Å². The Kier molecular flexibility index (Phi) is 8.22. The van der Waals surface area contributed by atoms with Crippen LogP contribution in [0.15, 0.2) is 34.7 Å². The molecule has 0 radical (unpaired) electrons. The standard InChI is InChI=1S/C18H23N5O3S2/c24-15(19-7-4-8-23-9-11-26-12-10-23)13-27-18-22-21-17(28-18)16(25)20-14-5-2-1-3-6-14/h1-3,5-6H,4,7-13H2,(H,19,24)(H,20,25). The number of morpholine rings is 1. The van der Waals surface area contributed by atoms with E-state index in [9.17, 15) is 9.59 Å². The number of para-hydroxylation sites is 1. The molecular formula is C18H23N5O3S2. The van der Waals surface area contributed by atoms with Crippen LogP contribution in [0.3, 0.4) is 0 Å². The molecule has 3 rings (SSSR count). The number of aromatic nitrogens is 2. The summed E-state index contributed by atoms with van der Waals surface area (Å²) in [5, 5.41) is 13.8. The molecule has 8 nitrogen and oxygen atoms in total. The highest BCUT2D eigenvalue weighted by Gasteiger charge is 2.14. The predicted molar refractivity (Wildman–Crippen MR) is 110 cm³/mol. The van der Waals surface area contributed by atoms with Gasteiger partial charge in [-0.2, -0.15) is 0 Å². The van der Waals surface area contributed by atoms with Crippen LogP contribution >= 0.6 is 23.1 Å². The highest BCUT2D eigenvalue weighted by atomic mass is 32.2. The second-order valence-corrected chi connectivity index (χ2v) is 8.34. The Morgan fingerprint density at radius 3 is 2.75 bits per heavy atom. The second-order valence-electron chi connectivity index (χ2n) is 6.14. The molecule has 2 aromatic rings. The molecule has 1 aromatic heterocycles. The fraction of sp³-hybridized carbons (Fsp3) is 0.444. The monoisotopic (exact) mass is 421 g/mol. The maximum Gasteiger partial charge on any atom is 0.286 e. The highest BCUT2D eigenvalue weighted by molar-refractivity contribution is 8.01. The first-order valence-corrected chi connectivity index (χ1v) is 10.9. The Labute approximate surface area is 172 Å². The number of carbonyl (C=O) groups excluding carboxylic acids is 2. The van der Waals surface area contributed by atoms with E-state index in [1.165, 1.54) is 23.1 Å². The van der Waals surface area contributed by atoms with Gasteiger partial charge in [-0.05, 0) is 25.1 Å². The van der Waals surface area contributed by atoms with Crippen LogP contribution in [0, 0.1) is 0 Å². The van der Waals surface area contributed by atoms with E-state index in [4.69, 9.17) is 4.74 Å². The smallest absolute Gasteiger partial charge is 0.286 e. The third-order valence-corrected chi connectivity index (χ3v) is 6.09. The number of anilines is 1. The van der Waals surface area contributed by atoms with Crippen molar-refractivity contribution in [2.75, 3.05) is 50.5 Å². The van der Waals surface area contributed by atoms with Crippen molar-refractivity contribution in [3.8, 4) is 0 Å². The first-order valence-electron chi connectivity index (χ1n) is 9.10. The number of thioether (sulfide) groups is 1. The molecule has 0 bridgehead atoms. The van der Waals surface area contributed by atoms with Crippen molar-refractivity contribution in [1.82, 2.24) is 20.4 Å². The Morgan fingerprint density at radius 1 is 1.18 bits per heavy atom. The number of rotatable bonds is 9. The maximum atomic E-state index is 12.2. The zero-order valence-electron chi connectivity index (χ0n) is 15.4. The number of ether oxygens (including phenoxy) is 1. The molecule has 2 amide bonds. The van der Waals surface area contributed by atoms with Crippen molar-refractivity contribution in [3.05, 3.63) is 35.3 Å². The van der Waals surface area contributed by atoms with Gasteiger partial charge >= 0.3 is 0 Å². The van der Waals surface area contributed by atoms with Crippen LogP contribution in [0.4, 0.5) is 5.69 Å². The maximum absolute atomic E-state index is 12.2. The van der Waals surface area contributed by atoms with Gasteiger partial charge in [-0.15, -0.1) is 10.2 Å². The number of carbonyl (C=O) groups is 2. The van der Waals surface area contributed by atoms with Crippen molar-refractivity contribution in [3.63, 3.8) is 0 Å². The number of hydrogen-bond acceptors (Lipinski definition) is 8. The third-order valence-electron chi connectivity index (χ3n) is 4.04. The Morgan fingerprint density at radius 2 is 1.96 bits per heavy atom. The lowest BCUT2D eigenvalue weighted by Crippen LogP contribution is -2.38. The molecule has 1 fully saturated rings. The quantitative estimate of drug-likeness (QED) is 0.470. The molecule has 28 heavy (non-hydrogen) atoms. The van der Waals surface area contributed by atoms with Gasteiger partial charge in [-0.3, -0.25) is 14.5 Å². The van der Waals surface area contributed by atoms with Crippen molar-refractivity contribution >= 4 is 40.6 Å². The summed E-state index contributed by atoms with van der Waals surface area (Å²) in [5.41, 5.74) is 0.702. The van der Waals surface area contributed by atoms with Crippen molar-refractivity contribution in [2.45, 2.75) is 10.8 Å². The van der Waals surface area contributed by atoms with Gasteiger partial charge in [0.1, 0.15) is 0 Å². The molecule has 10 heteroatoms. The van der Waals surface area contributed by atoms with Gasteiger partial charge in [0.15, 0.2) is 4.34 Å². The summed E-state index contributed by atoms with van der Waals surface area (Å²) in [6.45, 7) is 5.11. The van der Waals surface area contributed by atoms with E-state index in [0.717, 1.165) is 39.3 Å². The van der Waals surface area contributed by atoms with E-state index < -0.39 is 0 Å². The van der Waals surface area contributed by atoms with Crippen molar-refractivity contribution in [2.24, 2.45) is 0 Å². The highest BCUT2D eigenvalue weighted by Crippen LogP contribution is 2.22. The van der Waals surface area contributed by atoms with E-state index in [2.05, 4.69) is 25.7 Å². The van der Waals surface area contributed by atoms with Crippen LogP contribution in [-0.4, -0.2) is 72.1 Å². The van der Waals surface area contributed by atoms with Gasteiger partial charge < -0.3 is 15.4 Å². The minimum Gasteiger partial charge on any atom is -0.379 e. The van der Waals surface area contributed by atoms with Crippen LogP contribution in [0.25, 0.3) is 0 Å². The predicted octanol–water partition coefficient (Wildman–Crippen LogP) is 1.72. The molecule has 2 N–H and O–H groups in total. The lowest BCUT2D eigenvalue weighted by atomic mass is 10.3. The third kappa shape index (κ3) is 6.86. The minimum absolute atomic E-state index is 0.0440. The van der Waals surface area contributed by atoms with Crippen LogP contribution in [0.5, 0.6) is 0 Å². The average molecular weight is 422 g/mol. The molecular weight excluding hydrogens is 398 g/mol. The molecule has 0 atom stereocenters. The Bertz CT molecular complexity index is 766. The number of benzene rings is 1. The fourth-order valence-corrected chi connectivity index (χ4v) is 4.18. The van der Waals surface area contributed by atoms with Gasteiger partial charge in [-0.1, -0.05) is 41.3 Å². The molecule has 150 valence electrons. The van der Waals surface area contributed by atoms with Gasteiger partial charge in [0.25, 0.3) is 5.91 Å². The summed E-state index contributed by atoms with van der Waals surface area (Å²) in [7, 11) is 0. The van der Waals surface area contributed by atoms with Gasteiger partial charge in [0.2, 0.25) is 10.9 Å². The summed E-state index contributed by atoms with van der Waals surface area (Å²) in [6.07, 6.45) is 0.916. The molecule has 1 aliphatic heterocycles. The van der Waals surface area contributed by atoms with E-state index in [0.29, 0.717) is 16.6 Å². The van der Waals surface area contributed by atoms with Gasteiger partial charge in [-0.25, -0.2) is 0 Å². The average Bonchev–Trinajstić information content (AvgIpc) is 3.20. The SMILES string of the molecule is O=C(CSc1nnc(C(=O)Nc2ccccc2)s1)NCCCN1CCOCC1. The van der Waals surface area contributed by atoms with Gasteiger partial charge in [0, 0.05) is 25.3 Å². The van der Waals surface area contributed by atoms with E-state index in [1.54, 1.807) is 12.1 Å². The number of amides is 2. The summed E-state index contributed by atoms with van der Waals surface area (Å²) in [6, 6.07) is 9.17. The minimum atomic E-state index is -0.303. The summed E-state index contributed by atoms with van der Waals surface area (Å²) in [5.74, 6) is -0.0902. The zero-order valence-corrected chi connectivity index (χ0v) is 17.1. The first-order chi connectivity index (χ1) is 13.7. The van der Waals surface area contributed by atoms with Gasteiger partial charge in [0.05, 0.1) is 19.0 Å². The molecule has 1 aliphatic rings.